The molecule has 1 N–H and O–H groups in total. The van der Waals surface area contributed by atoms with Crippen LogP contribution in [-0.2, 0) is 4.79 Å². The zero-order valence-corrected chi connectivity index (χ0v) is 13.7. The zero-order chi connectivity index (χ0) is 16.8. The van der Waals surface area contributed by atoms with Crippen molar-refractivity contribution in [2.24, 2.45) is 11.8 Å². The molecule has 0 amide bonds. The summed E-state index contributed by atoms with van der Waals surface area (Å²) in [6.45, 7) is 5.23. The molecule has 7 heteroatoms. The molecule has 2 atom stereocenters. The van der Waals surface area contributed by atoms with Crippen molar-refractivity contribution in [1.29, 1.82) is 0 Å². The summed E-state index contributed by atoms with van der Waals surface area (Å²) in [5, 5.41) is 24.5. The fraction of sp³-hybridized carbons (Fsp3) is 0.412. The van der Waals surface area contributed by atoms with Crippen LogP contribution in [0.1, 0.15) is 19.2 Å². The number of anilines is 1. The van der Waals surface area contributed by atoms with Gasteiger partial charge in [-0.3, -0.25) is 4.79 Å². The summed E-state index contributed by atoms with van der Waals surface area (Å²) >= 11 is 0. The van der Waals surface area contributed by atoms with Gasteiger partial charge in [-0.2, -0.15) is 4.52 Å². The Morgan fingerprint density at radius 1 is 1.21 bits per heavy atom. The number of rotatable bonds is 2. The molecule has 7 nitrogen and oxygen atoms in total. The number of carboxylic acid groups (broad SMARTS) is 1. The van der Waals surface area contributed by atoms with Gasteiger partial charge in [-0.1, -0.05) is 31.2 Å². The zero-order valence-electron chi connectivity index (χ0n) is 13.7. The molecule has 0 saturated carbocycles. The van der Waals surface area contributed by atoms with Gasteiger partial charge in [0.15, 0.2) is 17.3 Å². The maximum Gasteiger partial charge on any atom is 0.308 e. The Balaban J connectivity index is 1.91. The van der Waals surface area contributed by atoms with Gasteiger partial charge in [-0.05, 0) is 19.3 Å². The molecule has 2 unspecified atom stereocenters. The van der Waals surface area contributed by atoms with Crippen LogP contribution >= 0.6 is 0 Å². The molecule has 1 aliphatic rings. The maximum absolute atomic E-state index is 11.5. The molecule has 2 aromatic heterocycles. The largest absolute Gasteiger partial charge is 0.481 e. The number of hydrogen-bond donors (Lipinski definition) is 1. The molecule has 1 aliphatic heterocycles. The van der Waals surface area contributed by atoms with E-state index in [9.17, 15) is 9.90 Å². The van der Waals surface area contributed by atoms with Crippen LogP contribution in [0.2, 0.25) is 0 Å². The van der Waals surface area contributed by atoms with Gasteiger partial charge in [0.05, 0.1) is 5.92 Å². The van der Waals surface area contributed by atoms with E-state index in [0.717, 1.165) is 34.6 Å². The van der Waals surface area contributed by atoms with E-state index in [-0.39, 0.29) is 5.92 Å². The molecule has 4 rings (SSSR count). The van der Waals surface area contributed by atoms with E-state index in [1.54, 1.807) is 4.52 Å². The van der Waals surface area contributed by atoms with E-state index in [2.05, 4.69) is 22.0 Å². The average molecular weight is 325 g/mol. The van der Waals surface area contributed by atoms with Gasteiger partial charge in [0.25, 0.3) is 0 Å². The van der Waals surface area contributed by atoms with Crippen molar-refractivity contribution in [2.75, 3.05) is 18.0 Å². The van der Waals surface area contributed by atoms with Crippen LogP contribution in [-0.4, -0.2) is 44.0 Å². The Morgan fingerprint density at radius 3 is 2.71 bits per heavy atom. The SMILES string of the molecule is Cc1nnc2c3ccccc3c(N3CC(C)CC(C(=O)O)C3)nn12. The van der Waals surface area contributed by atoms with Crippen molar-refractivity contribution in [2.45, 2.75) is 20.3 Å². The third-order valence-electron chi connectivity index (χ3n) is 4.71. The van der Waals surface area contributed by atoms with Crippen LogP contribution in [0, 0.1) is 18.8 Å². The molecular formula is C17H19N5O2. The molecule has 0 bridgehead atoms. The summed E-state index contributed by atoms with van der Waals surface area (Å²) in [6, 6.07) is 7.95. The minimum absolute atomic E-state index is 0.304. The first kappa shape index (κ1) is 14.9. The monoisotopic (exact) mass is 325 g/mol. The van der Waals surface area contributed by atoms with Crippen LogP contribution in [0.5, 0.6) is 0 Å². The lowest BCUT2D eigenvalue weighted by molar-refractivity contribution is -0.142. The lowest BCUT2D eigenvalue weighted by atomic mass is 9.90. The third-order valence-corrected chi connectivity index (χ3v) is 4.71. The van der Waals surface area contributed by atoms with Crippen LogP contribution in [0.3, 0.4) is 0 Å². The van der Waals surface area contributed by atoms with E-state index >= 15 is 0 Å². The van der Waals surface area contributed by atoms with Crippen LogP contribution < -0.4 is 4.90 Å². The van der Waals surface area contributed by atoms with Crippen molar-refractivity contribution in [1.82, 2.24) is 19.8 Å². The number of aromatic nitrogens is 4. The quantitative estimate of drug-likeness (QED) is 0.777. The van der Waals surface area contributed by atoms with Gasteiger partial charge in [-0.25, -0.2) is 0 Å². The number of benzene rings is 1. The molecule has 3 aromatic rings. The second kappa shape index (κ2) is 5.43. The van der Waals surface area contributed by atoms with E-state index < -0.39 is 5.97 Å². The summed E-state index contributed by atoms with van der Waals surface area (Å²) in [5.74, 6) is 0.721. The van der Waals surface area contributed by atoms with Crippen molar-refractivity contribution in [3.05, 3.63) is 30.1 Å². The predicted octanol–water partition coefficient (Wildman–Crippen LogP) is 2.13. The second-order valence-corrected chi connectivity index (χ2v) is 6.63. The number of fused-ring (bicyclic) bond motifs is 3. The maximum atomic E-state index is 11.5. The van der Waals surface area contributed by atoms with E-state index in [4.69, 9.17) is 5.10 Å². The van der Waals surface area contributed by atoms with Gasteiger partial charge < -0.3 is 10.0 Å². The fourth-order valence-corrected chi connectivity index (χ4v) is 3.60. The molecule has 124 valence electrons. The third kappa shape index (κ3) is 2.28. The first-order chi connectivity index (χ1) is 11.5. The van der Waals surface area contributed by atoms with Crippen molar-refractivity contribution in [3.63, 3.8) is 0 Å². The summed E-state index contributed by atoms with van der Waals surface area (Å²) in [7, 11) is 0. The average Bonchev–Trinajstić information content (AvgIpc) is 2.95. The summed E-state index contributed by atoms with van der Waals surface area (Å²) in [4.78, 5) is 13.6. The summed E-state index contributed by atoms with van der Waals surface area (Å²) < 4.78 is 1.74. The van der Waals surface area contributed by atoms with Gasteiger partial charge >= 0.3 is 5.97 Å². The van der Waals surface area contributed by atoms with E-state index in [1.807, 2.05) is 31.2 Å². The molecule has 1 aromatic carbocycles. The number of carbonyl (C=O) groups is 1. The standard InChI is InChI=1S/C17H19N5O2/c1-10-7-12(17(23)24)9-21(8-10)16-14-6-4-3-5-13(14)15-19-18-11(2)22(15)20-16/h3-6,10,12H,7-9H2,1-2H3,(H,23,24). The topological polar surface area (TPSA) is 83.6 Å². The Morgan fingerprint density at radius 2 is 1.96 bits per heavy atom. The van der Waals surface area contributed by atoms with Crippen molar-refractivity contribution in [3.8, 4) is 0 Å². The minimum Gasteiger partial charge on any atom is -0.481 e. The van der Waals surface area contributed by atoms with Crippen LogP contribution in [0.4, 0.5) is 5.82 Å². The first-order valence-corrected chi connectivity index (χ1v) is 8.13. The highest BCUT2D eigenvalue weighted by Gasteiger charge is 2.31. The number of carboxylic acids is 1. The summed E-state index contributed by atoms with van der Waals surface area (Å²) in [5.41, 5.74) is 0.728. The smallest absolute Gasteiger partial charge is 0.308 e. The molecule has 1 saturated heterocycles. The lowest BCUT2D eigenvalue weighted by Gasteiger charge is -2.35. The highest BCUT2D eigenvalue weighted by atomic mass is 16.4. The van der Waals surface area contributed by atoms with E-state index in [1.165, 1.54) is 0 Å². The molecule has 0 radical (unpaired) electrons. The Labute approximate surface area is 138 Å². The van der Waals surface area contributed by atoms with Gasteiger partial charge in [0.1, 0.15) is 0 Å². The van der Waals surface area contributed by atoms with Crippen LogP contribution in [0.25, 0.3) is 16.4 Å². The molecule has 0 aliphatic carbocycles. The number of aliphatic carboxylic acids is 1. The summed E-state index contributed by atoms with van der Waals surface area (Å²) in [6.07, 6.45) is 0.706. The molecule has 1 fully saturated rings. The predicted molar refractivity (Wildman–Crippen MR) is 90.1 cm³/mol. The number of piperidine rings is 1. The van der Waals surface area contributed by atoms with Crippen molar-refractivity contribution < 1.29 is 9.90 Å². The number of aryl methyl sites for hydroxylation is 1. The Bertz CT molecular complexity index is 935. The highest BCUT2D eigenvalue weighted by molar-refractivity contribution is 6.00. The lowest BCUT2D eigenvalue weighted by Crippen LogP contribution is -2.43. The first-order valence-electron chi connectivity index (χ1n) is 8.13. The fourth-order valence-electron chi connectivity index (χ4n) is 3.60. The van der Waals surface area contributed by atoms with Gasteiger partial charge in [-0.15, -0.1) is 15.3 Å². The molecule has 0 spiro atoms. The van der Waals surface area contributed by atoms with Gasteiger partial charge in [0, 0.05) is 23.9 Å². The Hall–Kier alpha value is -2.70. The molecule has 24 heavy (non-hydrogen) atoms. The minimum atomic E-state index is -0.739. The van der Waals surface area contributed by atoms with E-state index in [0.29, 0.717) is 18.9 Å². The molecule has 3 heterocycles. The second-order valence-electron chi connectivity index (χ2n) is 6.63. The highest BCUT2D eigenvalue weighted by Crippen LogP contribution is 2.32. The normalized spacial score (nSPS) is 21.5. The van der Waals surface area contributed by atoms with Crippen LogP contribution in [0.15, 0.2) is 24.3 Å². The Kier molecular flexibility index (Phi) is 3.37. The number of hydrogen-bond acceptors (Lipinski definition) is 5. The molecular weight excluding hydrogens is 306 g/mol. The van der Waals surface area contributed by atoms with Gasteiger partial charge in [0.2, 0.25) is 0 Å². The van der Waals surface area contributed by atoms with Crippen molar-refractivity contribution >= 4 is 28.2 Å². The number of nitrogens with zero attached hydrogens (tertiary/aromatic N) is 5.